The van der Waals surface area contributed by atoms with Crippen molar-refractivity contribution >= 4 is 33.3 Å². The van der Waals surface area contributed by atoms with Crippen LogP contribution in [0.25, 0.3) is 10.2 Å². The van der Waals surface area contributed by atoms with Crippen molar-refractivity contribution in [1.29, 1.82) is 0 Å². The van der Waals surface area contributed by atoms with Crippen molar-refractivity contribution in [3.05, 3.63) is 20.8 Å². The van der Waals surface area contributed by atoms with Gasteiger partial charge in [0.05, 0.1) is 12.0 Å². The number of alkyl halides is 3. The van der Waals surface area contributed by atoms with Crippen molar-refractivity contribution in [2.45, 2.75) is 51.5 Å². The van der Waals surface area contributed by atoms with Gasteiger partial charge in [0.1, 0.15) is 11.4 Å². The smallest absolute Gasteiger partial charge is 0.371 e. The SMILES string of the molecule is CCCCn1c(SCCOCC(F)(F)F)nc2sc(C)c(C)c2c1=O. The van der Waals surface area contributed by atoms with E-state index in [1.165, 1.54) is 23.1 Å². The van der Waals surface area contributed by atoms with Gasteiger partial charge in [-0.15, -0.1) is 11.3 Å². The standard InChI is InChI=1S/C16H21F3N2O2S2/c1-4-5-6-21-14(22)12-10(2)11(3)25-13(12)20-15(21)24-8-7-23-9-16(17,18)19/h4-9H2,1-3H3. The van der Waals surface area contributed by atoms with E-state index in [4.69, 9.17) is 0 Å². The Labute approximate surface area is 152 Å². The van der Waals surface area contributed by atoms with Crippen molar-refractivity contribution < 1.29 is 17.9 Å². The van der Waals surface area contributed by atoms with Crippen LogP contribution in [-0.2, 0) is 11.3 Å². The minimum atomic E-state index is -4.32. The maximum atomic E-state index is 12.8. The summed E-state index contributed by atoms with van der Waals surface area (Å²) >= 11 is 2.73. The molecule has 0 bridgehead atoms. The number of rotatable bonds is 8. The van der Waals surface area contributed by atoms with Crippen molar-refractivity contribution in [3.63, 3.8) is 0 Å². The normalized spacial score (nSPS) is 12.2. The van der Waals surface area contributed by atoms with Crippen LogP contribution < -0.4 is 5.56 Å². The molecule has 0 N–H and O–H groups in total. The van der Waals surface area contributed by atoms with Gasteiger partial charge in [-0.3, -0.25) is 9.36 Å². The van der Waals surface area contributed by atoms with Crippen LogP contribution in [0.2, 0.25) is 0 Å². The summed E-state index contributed by atoms with van der Waals surface area (Å²) in [6, 6.07) is 0. The van der Waals surface area contributed by atoms with E-state index in [0.29, 0.717) is 27.7 Å². The summed E-state index contributed by atoms with van der Waals surface area (Å²) in [4.78, 5) is 19.2. The number of thiophene rings is 1. The summed E-state index contributed by atoms with van der Waals surface area (Å²) in [6.45, 7) is 5.15. The van der Waals surface area contributed by atoms with E-state index >= 15 is 0 Å². The lowest BCUT2D eigenvalue weighted by Crippen LogP contribution is -2.24. The quantitative estimate of drug-likeness (QED) is 0.374. The van der Waals surface area contributed by atoms with Gasteiger partial charge >= 0.3 is 6.18 Å². The Kier molecular flexibility index (Phi) is 6.93. The molecule has 0 aliphatic carbocycles. The van der Waals surface area contributed by atoms with Crippen LogP contribution in [-0.4, -0.2) is 34.7 Å². The topological polar surface area (TPSA) is 44.1 Å². The van der Waals surface area contributed by atoms with Gasteiger partial charge in [0, 0.05) is 17.2 Å². The fourth-order valence-electron chi connectivity index (χ4n) is 2.31. The van der Waals surface area contributed by atoms with Crippen LogP contribution in [0.1, 0.15) is 30.2 Å². The molecule has 25 heavy (non-hydrogen) atoms. The molecule has 0 atom stereocenters. The molecule has 2 rings (SSSR count). The summed E-state index contributed by atoms with van der Waals surface area (Å²) in [5.41, 5.74) is 0.881. The maximum absolute atomic E-state index is 12.8. The molecule has 0 aromatic carbocycles. The zero-order valence-electron chi connectivity index (χ0n) is 14.4. The number of ether oxygens (including phenoxy) is 1. The summed E-state index contributed by atoms with van der Waals surface area (Å²) in [5.74, 6) is 0.309. The van der Waals surface area contributed by atoms with E-state index in [1.807, 2.05) is 20.8 Å². The fraction of sp³-hybridized carbons (Fsp3) is 0.625. The van der Waals surface area contributed by atoms with Gasteiger partial charge in [-0.25, -0.2) is 4.98 Å². The van der Waals surface area contributed by atoms with E-state index in [0.717, 1.165) is 23.3 Å². The Morgan fingerprint density at radius 3 is 2.68 bits per heavy atom. The fourth-order valence-corrected chi connectivity index (χ4v) is 4.26. The second kappa shape index (κ2) is 8.55. The Morgan fingerprint density at radius 2 is 2.04 bits per heavy atom. The highest BCUT2D eigenvalue weighted by molar-refractivity contribution is 7.99. The highest BCUT2D eigenvalue weighted by Gasteiger charge is 2.27. The van der Waals surface area contributed by atoms with Crippen molar-refractivity contribution in [2.75, 3.05) is 19.0 Å². The monoisotopic (exact) mass is 394 g/mol. The number of fused-ring (bicyclic) bond motifs is 1. The average Bonchev–Trinajstić information content (AvgIpc) is 2.80. The maximum Gasteiger partial charge on any atom is 0.411 e. The molecule has 0 fully saturated rings. The molecular formula is C16H21F3N2O2S2. The Morgan fingerprint density at radius 1 is 1.32 bits per heavy atom. The zero-order chi connectivity index (χ0) is 18.6. The first-order chi connectivity index (χ1) is 11.7. The molecule has 140 valence electrons. The molecule has 0 amide bonds. The molecule has 0 aliphatic heterocycles. The van der Waals surface area contributed by atoms with E-state index in [1.54, 1.807) is 4.57 Å². The van der Waals surface area contributed by atoms with Gasteiger partial charge < -0.3 is 4.74 Å². The van der Waals surface area contributed by atoms with Crippen molar-refractivity contribution in [2.24, 2.45) is 0 Å². The number of thioether (sulfide) groups is 1. The first-order valence-corrected chi connectivity index (χ1v) is 9.82. The van der Waals surface area contributed by atoms with Gasteiger partial charge in [0.15, 0.2) is 5.16 Å². The number of halogens is 3. The summed E-state index contributed by atoms with van der Waals surface area (Å²) in [7, 11) is 0. The van der Waals surface area contributed by atoms with Crippen molar-refractivity contribution in [1.82, 2.24) is 9.55 Å². The summed E-state index contributed by atoms with van der Waals surface area (Å²) < 4.78 is 42.5. The molecule has 2 aromatic heterocycles. The molecular weight excluding hydrogens is 373 g/mol. The first kappa shape index (κ1) is 20.3. The minimum absolute atomic E-state index is 0.0473. The highest BCUT2D eigenvalue weighted by atomic mass is 32.2. The van der Waals surface area contributed by atoms with Crippen LogP contribution in [0.4, 0.5) is 13.2 Å². The van der Waals surface area contributed by atoms with E-state index < -0.39 is 12.8 Å². The average molecular weight is 394 g/mol. The Bertz CT molecular complexity index is 784. The number of hydrogen-bond donors (Lipinski definition) is 0. The molecule has 0 saturated heterocycles. The molecule has 2 heterocycles. The van der Waals surface area contributed by atoms with Crippen LogP contribution in [0.3, 0.4) is 0 Å². The molecule has 0 aliphatic rings. The number of unbranched alkanes of at least 4 members (excludes halogenated alkanes) is 1. The predicted molar refractivity (Wildman–Crippen MR) is 95.9 cm³/mol. The van der Waals surface area contributed by atoms with Crippen molar-refractivity contribution in [3.8, 4) is 0 Å². The summed E-state index contributed by atoms with van der Waals surface area (Å²) in [6.07, 6.45) is -2.55. The van der Waals surface area contributed by atoms with E-state index in [-0.39, 0.29) is 12.2 Å². The Hall–Kier alpha value is -1.06. The molecule has 4 nitrogen and oxygen atoms in total. The van der Waals surface area contributed by atoms with E-state index in [9.17, 15) is 18.0 Å². The molecule has 0 saturated carbocycles. The van der Waals surface area contributed by atoms with Gasteiger partial charge in [-0.05, 0) is 25.8 Å². The number of nitrogens with zero attached hydrogens (tertiary/aromatic N) is 2. The van der Waals surface area contributed by atoms with E-state index in [2.05, 4.69) is 9.72 Å². The van der Waals surface area contributed by atoms with Crippen LogP contribution in [0, 0.1) is 13.8 Å². The largest absolute Gasteiger partial charge is 0.411 e. The lowest BCUT2D eigenvalue weighted by Gasteiger charge is -2.12. The molecule has 0 radical (unpaired) electrons. The number of aryl methyl sites for hydroxylation is 2. The minimum Gasteiger partial charge on any atom is -0.371 e. The molecule has 9 heteroatoms. The lowest BCUT2D eigenvalue weighted by atomic mass is 10.2. The third kappa shape index (κ3) is 5.21. The summed E-state index contributed by atoms with van der Waals surface area (Å²) in [5, 5.41) is 1.19. The number of aromatic nitrogens is 2. The third-order valence-electron chi connectivity index (χ3n) is 3.71. The van der Waals surface area contributed by atoms with Gasteiger partial charge in [-0.1, -0.05) is 25.1 Å². The zero-order valence-corrected chi connectivity index (χ0v) is 16.0. The van der Waals surface area contributed by atoms with Crippen LogP contribution >= 0.6 is 23.1 Å². The van der Waals surface area contributed by atoms with Crippen LogP contribution in [0.5, 0.6) is 0 Å². The Balaban J connectivity index is 2.20. The second-order valence-electron chi connectivity index (χ2n) is 5.68. The second-order valence-corrected chi connectivity index (χ2v) is 7.95. The van der Waals surface area contributed by atoms with Crippen LogP contribution in [0.15, 0.2) is 9.95 Å². The first-order valence-electron chi connectivity index (χ1n) is 8.02. The third-order valence-corrected chi connectivity index (χ3v) is 5.76. The van der Waals surface area contributed by atoms with Gasteiger partial charge in [0.25, 0.3) is 5.56 Å². The molecule has 0 unspecified atom stereocenters. The van der Waals surface area contributed by atoms with Gasteiger partial charge in [-0.2, -0.15) is 13.2 Å². The molecule has 0 spiro atoms. The number of hydrogen-bond acceptors (Lipinski definition) is 5. The van der Waals surface area contributed by atoms with Gasteiger partial charge in [0.2, 0.25) is 0 Å². The highest BCUT2D eigenvalue weighted by Crippen LogP contribution is 2.28. The lowest BCUT2D eigenvalue weighted by molar-refractivity contribution is -0.172. The predicted octanol–water partition coefficient (Wildman–Crippen LogP) is 4.55. The molecule has 2 aromatic rings.